The molecule has 0 saturated heterocycles. The first-order valence-electron chi connectivity index (χ1n) is 23.1. The molecule has 0 unspecified atom stereocenters. The number of carbonyl (C=O) groups is 3. The van der Waals surface area contributed by atoms with E-state index in [1.165, 1.54) is 0 Å². The summed E-state index contributed by atoms with van der Waals surface area (Å²) in [6.45, 7) is 19.2. The Hall–Kier alpha value is -3.33. The van der Waals surface area contributed by atoms with Gasteiger partial charge in [-0.2, -0.15) is 0 Å². The third kappa shape index (κ3) is 22.7. The van der Waals surface area contributed by atoms with Crippen LogP contribution in [0.5, 0.6) is 0 Å². The Bertz CT molecular complexity index is 1380. The van der Waals surface area contributed by atoms with Crippen LogP contribution in [-0.2, 0) is 33.3 Å². The molecule has 0 saturated carbocycles. The second kappa shape index (κ2) is 33.4. The van der Waals surface area contributed by atoms with Crippen LogP contribution in [0.15, 0.2) is 84.1 Å². The van der Waals surface area contributed by atoms with Gasteiger partial charge < -0.3 is 24.7 Å². The van der Waals surface area contributed by atoms with Crippen LogP contribution in [-0.4, -0.2) is 61.4 Å². The molecule has 8 nitrogen and oxygen atoms in total. The van der Waals surface area contributed by atoms with Crippen molar-refractivity contribution in [2.45, 2.75) is 189 Å². The van der Waals surface area contributed by atoms with Crippen molar-refractivity contribution in [2.75, 3.05) is 13.2 Å². The molecule has 0 aromatic carbocycles. The largest absolute Gasteiger partial charge is 0.463 e. The molecule has 59 heavy (non-hydrogen) atoms. The summed E-state index contributed by atoms with van der Waals surface area (Å²) in [6, 6.07) is -0.0521. The lowest BCUT2D eigenvalue weighted by Crippen LogP contribution is -2.42. The molecule has 0 heterocycles. The average Bonchev–Trinajstić information content (AvgIpc) is 3.23. The summed E-state index contributed by atoms with van der Waals surface area (Å²) in [7, 11) is 0. The molecule has 2 aliphatic rings. The van der Waals surface area contributed by atoms with Gasteiger partial charge in [-0.1, -0.05) is 109 Å². The van der Waals surface area contributed by atoms with Crippen molar-refractivity contribution in [3.63, 3.8) is 0 Å². The van der Waals surface area contributed by atoms with Gasteiger partial charge in [0, 0.05) is 35.9 Å². The molecular weight excluding hydrogens is 739 g/mol. The zero-order valence-electron chi connectivity index (χ0n) is 38.5. The summed E-state index contributed by atoms with van der Waals surface area (Å²) in [4.78, 5) is 37.2. The standard InChI is InChI=1S/C36H56O4.C15H27NO3/c1-6-10-11-12-13-14-15-16-17-18-19-20-21-22-23-24-25-26-33(37)28-31-27-32(36(38)39-9-4)29-35(30(31)5)40-34(7-2)8-3;1-5-12(6-2)19-14-9-11(15(17)18-7-3)8-13(16)10(14)4/h10-11,13-14,16-17,19-20,22-23,29-31,34-35H,6-9,12,15,18,21,24-28H2,1-5H3;9-10,12-14H,5-8,16H2,1-4H3/b11-10-,14-13-,17-16-,20-19-,23-22-;/t30-,31-,35-;10-,13+,14-/m11/s1. The van der Waals surface area contributed by atoms with Crippen molar-refractivity contribution in [3.05, 3.63) is 84.1 Å². The average molecular weight is 822 g/mol. The number of allylic oxidation sites excluding steroid dienone is 10. The third-order valence-electron chi connectivity index (χ3n) is 11.2. The molecule has 2 aliphatic carbocycles. The van der Waals surface area contributed by atoms with Crippen LogP contribution in [0, 0.1) is 17.8 Å². The first-order valence-corrected chi connectivity index (χ1v) is 23.1. The van der Waals surface area contributed by atoms with Gasteiger partial charge in [-0.3, -0.25) is 4.79 Å². The highest BCUT2D eigenvalue weighted by molar-refractivity contribution is 5.89. The maximum absolute atomic E-state index is 12.8. The molecule has 6 atom stereocenters. The van der Waals surface area contributed by atoms with Crippen molar-refractivity contribution in [3.8, 4) is 0 Å². The van der Waals surface area contributed by atoms with E-state index >= 15 is 0 Å². The van der Waals surface area contributed by atoms with Crippen molar-refractivity contribution in [2.24, 2.45) is 23.5 Å². The highest BCUT2D eigenvalue weighted by Crippen LogP contribution is 2.36. The Morgan fingerprint density at radius 2 is 1.05 bits per heavy atom. The third-order valence-corrected chi connectivity index (χ3v) is 11.2. The minimum Gasteiger partial charge on any atom is -0.463 e. The van der Waals surface area contributed by atoms with Crippen LogP contribution >= 0.6 is 0 Å². The second-order valence-corrected chi connectivity index (χ2v) is 15.8. The fourth-order valence-electron chi connectivity index (χ4n) is 7.18. The van der Waals surface area contributed by atoms with Gasteiger partial charge in [0.25, 0.3) is 0 Å². The van der Waals surface area contributed by atoms with E-state index in [2.05, 4.69) is 109 Å². The first-order chi connectivity index (χ1) is 28.5. The number of rotatable bonds is 27. The predicted octanol–water partition coefficient (Wildman–Crippen LogP) is 12.0. The van der Waals surface area contributed by atoms with Gasteiger partial charge in [0.2, 0.25) is 0 Å². The molecule has 0 spiro atoms. The fraction of sp³-hybridized carbons (Fsp3) is 0.667. The van der Waals surface area contributed by atoms with E-state index in [4.69, 9.17) is 24.7 Å². The Labute approximate surface area is 359 Å². The molecule has 2 rings (SSSR count). The lowest BCUT2D eigenvalue weighted by atomic mass is 9.76. The molecule has 2 N–H and O–H groups in total. The van der Waals surface area contributed by atoms with E-state index < -0.39 is 0 Å². The SMILES string of the molecule is CC/C=C\C/C=C\C/C=C\C/C=C\C/C=C\CCCC(=O)C[C@H]1CC(C(=O)OCC)=C[C@@H](OC(CC)CC)[C@@H]1C.CCOC(=O)C1=C[C@@H](OC(CC)CC)[C@H](C)[C@@H](N)C1. The van der Waals surface area contributed by atoms with Crippen molar-refractivity contribution in [1.29, 1.82) is 0 Å². The highest BCUT2D eigenvalue weighted by Gasteiger charge is 2.35. The van der Waals surface area contributed by atoms with Crippen molar-refractivity contribution >= 4 is 17.7 Å². The summed E-state index contributed by atoms with van der Waals surface area (Å²) in [5.74, 6) is 0.249. The lowest BCUT2D eigenvalue weighted by molar-refractivity contribution is -0.140. The Morgan fingerprint density at radius 1 is 0.627 bits per heavy atom. The van der Waals surface area contributed by atoms with Gasteiger partial charge in [-0.25, -0.2) is 9.59 Å². The number of esters is 2. The zero-order valence-corrected chi connectivity index (χ0v) is 38.5. The molecule has 0 aliphatic heterocycles. The van der Waals surface area contributed by atoms with Gasteiger partial charge in [0.05, 0.1) is 37.6 Å². The minimum absolute atomic E-state index is 0.0521. The molecule has 334 valence electrons. The van der Waals surface area contributed by atoms with Gasteiger partial charge in [-0.05, 0) is 121 Å². The van der Waals surface area contributed by atoms with Crippen LogP contribution in [0.4, 0.5) is 0 Å². The van der Waals surface area contributed by atoms with Crippen LogP contribution < -0.4 is 5.73 Å². The van der Waals surface area contributed by atoms with E-state index in [-0.39, 0.29) is 65.9 Å². The van der Waals surface area contributed by atoms with E-state index in [1.54, 1.807) is 0 Å². The fourth-order valence-corrected chi connectivity index (χ4v) is 7.18. The molecule has 8 heteroatoms. The minimum atomic E-state index is -0.275. The van der Waals surface area contributed by atoms with E-state index in [0.29, 0.717) is 50.0 Å². The zero-order chi connectivity index (χ0) is 43.8. The van der Waals surface area contributed by atoms with Gasteiger partial charge >= 0.3 is 11.9 Å². The number of nitrogens with two attached hydrogens (primary N) is 1. The Balaban J connectivity index is 0.000000761. The second-order valence-electron chi connectivity index (χ2n) is 15.8. The van der Waals surface area contributed by atoms with Crippen LogP contribution in [0.25, 0.3) is 0 Å². The van der Waals surface area contributed by atoms with Gasteiger partial charge in [-0.15, -0.1) is 0 Å². The number of hydrogen-bond acceptors (Lipinski definition) is 8. The Morgan fingerprint density at radius 3 is 1.49 bits per heavy atom. The number of ether oxygens (including phenoxy) is 4. The summed E-state index contributed by atoms with van der Waals surface area (Å²) >= 11 is 0. The monoisotopic (exact) mass is 822 g/mol. The molecule has 0 radical (unpaired) electrons. The Kier molecular flexibility index (Phi) is 30.4. The molecule has 0 aromatic heterocycles. The number of ketones is 1. The smallest absolute Gasteiger partial charge is 0.333 e. The highest BCUT2D eigenvalue weighted by atomic mass is 16.5. The number of hydrogen-bond donors (Lipinski definition) is 1. The first kappa shape index (κ1) is 53.7. The van der Waals surface area contributed by atoms with Gasteiger partial charge in [0.1, 0.15) is 5.78 Å². The number of carbonyl (C=O) groups excluding carboxylic acids is 3. The van der Waals surface area contributed by atoms with Crippen molar-refractivity contribution in [1.82, 2.24) is 0 Å². The van der Waals surface area contributed by atoms with E-state index in [0.717, 1.165) is 70.6 Å². The van der Waals surface area contributed by atoms with Crippen LogP contribution in [0.1, 0.15) is 159 Å². The molecule has 0 aromatic rings. The van der Waals surface area contributed by atoms with Crippen LogP contribution in [0.3, 0.4) is 0 Å². The quantitative estimate of drug-likeness (QED) is 0.0495. The predicted molar refractivity (Wildman–Crippen MR) is 245 cm³/mol. The number of unbranched alkanes of at least 4 members (excludes halogenated alkanes) is 1. The summed E-state index contributed by atoms with van der Waals surface area (Å²) < 4.78 is 22.7. The lowest BCUT2D eigenvalue weighted by Gasteiger charge is -2.36. The van der Waals surface area contributed by atoms with Crippen LogP contribution in [0.2, 0.25) is 0 Å². The normalized spacial score (nSPS) is 22.4. The van der Waals surface area contributed by atoms with E-state index in [9.17, 15) is 14.4 Å². The molecular formula is C51H83NO7. The number of Topliss-reactive ketones (excluding diaryl/α,β-unsaturated/α-hetero) is 1. The van der Waals surface area contributed by atoms with Crippen molar-refractivity contribution < 1.29 is 33.3 Å². The summed E-state index contributed by atoms with van der Waals surface area (Å²) in [5.41, 5.74) is 7.44. The summed E-state index contributed by atoms with van der Waals surface area (Å²) in [5, 5.41) is 0. The molecule has 0 amide bonds. The van der Waals surface area contributed by atoms with E-state index in [1.807, 2.05) is 26.0 Å². The molecule has 0 bridgehead atoms. The molecule has 0 fully saturated rings. The maximum atomic E-state index is 12.8. The summed E-state index contributed by atoms with van der Waals surface area (Å²) in [6.07, 6.45) is 38.8. The maximum Gasteiger partial charge on any atom is 0.333 e. The van der Waals surface area contributed by atoms with Gasteiger partial charge in [0.15, 0.2) is 0 Å². The topological polar surface area (TPSA) is 114 Å².